The van der Waals surface area contributed by atoms with Gasteiger partial charge in [-0.25, -0.2) is 9.78 Å². The SMILES string of the molecule is CCC1CC[C@@]2(C)OO[C@@]13C(CC)[C@@H](C)[C@H](OC(=O)CCC(=O)O)O[C@@H]3O2. The number of hydrogen-bond acceptors (Lipinski definition) is 7. The molecule has 0 aliphatic carbocycles. The van der Waals surface area contributed by atoms with Crippen LogP contribution in [0.3, 0.4) is 0 Å². The van der Waals surface area contributed by atoms with Gasteiger partial charge in [0, 0.05) is 18.3 Å². The van der Waals surface area contributed by atoms with E-state index in [2.05, 4.69) is 13.8 Å². The lowest BCUT2D eigenvalue weighted by atomic mass is 9.66. The van der Waals surface area contributed by atoms with Crippen molar-refractivity contribution >= 4 is 11.9 Å². The van der Waals surface area contributed by atoms with E-state index < -0.39 is 35.9 Å². The van der Waals surface area contributed by atoms with E-state index >= 15 is 0 Å². The number of aliphatic carboxylic acids is 1. The van der Waals surface area contributed by atoms with E-state index in [1.807, 2.05) is 13.8 Å². The van der Waals surface area contributed by atoms with Crippen LogP contribution in [0, 0.1) is 17.8 Å². The molecule has 2 unspecified atom stereocenters. The standard InChI is InChI=1S/C19H30O8/c1-5-12-9-10-18(4)25-17-19(12,27-26-18)13(6-2)11(3)16(24-17)23-15(22)8-7-14(20)21/h11-13,16-17H,5-10H2,1-4H3,(H,20,21)/t11-,12?,13?,16-,17-,18-,19-/m1/s1. The Morgan fingerprint density at radius 1 is 1.19 bits per heavy atom. The first-order valence-corrected chi connectivity index (χ1v) is 9.87. The summed E-state index contributed by atoms with van der Waals surface area (Å²) in [7, 11) is 0. The van der Waals surface area contributed by atoms with Crippen LogP contribution >= 0.6 is 0 Å². The van der Waals surface area contributed by atoms with Crippen molar-refractivity contribution in [2.45, 2.75) is 90.2 Å². The topological polar surface area (TPSA) is 101 Å². The van der Waals surface area contributed by atoms with Crippen molar-refractivity contribution in [2.24, 2.45) is 17.8 Å². The Bertz CT molecular complexity index is 580. The normalized spacial score (nSPS) is 43.6. The van der Waals surface area contributed by atoms with Gasteiger partial charge in [0.1, 0.15) is 0 Å². The fourth-order valence-electron chi connectivity index (χ4n) is 4.83. The summed E-state index contributed by atoms with van der Waals surface area (Å²) >= 11 is 0. The Balaban J connectivity index is 1.84. The van der Waals surface area contributed by atoms with Crippen LogP contribution in [-0.4, -0.2) is 41.0 Å². The molecule has 0 saturated carbocycles. The Hall–Kier alpha value is -1.22. The highest BCUT2D eigenvalue weighted by molar-refractivity contribution is 5.76. The van der Waals surface area contributed by atoms with Crippen LogP contribution in [0.2, 0.25) is 0 Å². The number of fused-ring (bicyclic) bond motifs is 3. The first-order chi connectivity index (χ1) is 12.8. The first-order valence-electron chi connectivity index (χ1n) is 9.87. The van der Waals surface area contributed by atoms with Crippen LogP contribution in [0.15, 0.2) is 0 Å². The molecule has 8 heteroatoms. The molecule has 1 N–H and O–H groups in total. The molecular weight excluding hydrogens is 356 g/mol. The van der Waals surface area contributed by atoms with Crippen LogP contribution in [0.1, 0.15) is 66.2 Å². The van der Waals surface area contributed by atoms with Crippen LogP contribution in [0.4, 0.5) is 0 Å². The molecule has 8 nitrogen and oxygen atoms in total. The third-order valence-electron chi connectivity index (χ3n) is 6.30. The summed E-state index contributed by atoms with van der Waals surface area (Å²) in [6.07, 6.45) is 1.30. The Kier molecular flexibility index (Phi) is 5.82. The van der Waals surface area contributed by atoms with Gasteiger partial charge in [0.05, 0.1) is 12.8 Å². The Labute approximate surface area is 159 Å². The van der Waals surface area contributed by atoms with Gasteiger partial charge in [-0.1, -0.05) is 27.2 Å². The van der Waals surface area contributed by atoms with E-state index in [4.69, 9.17) is 29.1 Å². The minimum atomic E-state index is -1.04. The second-order valence-corrected chi connectivity index (χ2v) is 8.01. The molecule has 0 aromatic heterocycles. The summed E-state index contributed by atoms with van der Waals surface area (Å²) in [5.74, 6) is -2.47. The maximum atomic E-state index is 12.1. The number of rotatable bonds is 6. The maximum Gasteiger partial charge on any atom is 0.308 e. The minimum absolute atomic E-state index is 0.00104. The van der Waals surface area contributed by atoms with E-state index in [0.29, 0.717) is 6.42 Å². The molecule has 1 spiro atoms. The second-order valence-electron chi connectivity index (χ2n) is 8.01. The van der Waals surface area contributed by atoms with Crippen molar-refractivity contribution in [2.75, 3.05) is 0 Å². The molecule has 2 bridgehead atoms. The number of carboxylic acids is 1. The minimum Gasteiger partial charge on any atom is -0.481 e. The number of ether oxygens (including phenoxy) is 3. The fourth-order valence-corrected chi connectivity index (χ4v) is 4.83. The molecule has 4 fully saturated rings. The van der Waals surface area contributed by atoms with Crippen molar-refractivity contribution in [3.05, 3.63) is 0 Å². The van der Waals surface area contributed by atoms with Crippen LogP contribution in [0.25, 0.3) is 0 Å². The molecule has 0 aromatic rings. The molecule has 7 atom stereocenters. The molecule has 27 heavy (non-hydrogen) atoms. The average Bonchev–Trinajstić information content (AvgIpc) is 2.83. The number of hydrogen-bond donors (Lipinski definition) is 1. The van der Waals surface area contributed by atoms with E-state index in [0.717, 1.165) is 19.3 Å². The number of carboxylic acid groups (broad SMARTS) is 1. The second kappa shape index (κ2) is 7.66. The van der Waals surface area contributed by atoms with E-state index in [1.165, 1.54) is 0 Å². The van der Waals surface area contributed by atoms with Gasteiger partial charge in [-0.2, -0.15) is 0 Å². The van der Waals surface area contributed by atoms with E-state index in [-0.39, 0.29) is 30.6 Å². The molecule has 4 aliphatic rings. The predicted octanol–water partition coefficient (Wildman–Crippen LogP) is 2.99. The number of esters is 1. The summed E-state index contributed by atoms with van der Waals surface area (Å²) in [6, 6.07) is 0. The Morgan fingerprint density at radius 2 is 1.93 bits per heavy atom. The summed E-state index contributed by atoms with van der Waals surface area (Å²) in [5.41, 5.74) is -0.747. The molecule has 0 radical (unpaired) electrons. The van der Waals surface area contributed by atoms with Gasteiger partial charge in [0.15, 0.2) is 11.9 Å². The molecule has 4 rings (SSSR count). The lowest BCUT2D eigenvalue weighted by Crippen LogP contribution is -2.68. The summed E-state index contributed by atoms with van der Waals surface area (Å²) in [4.78, 5) is 34.5. The third-order valence-corrected chi connectivity index (χ3v) is 6.30. The zero-order valence-electron chi connectivity index (χ0n) is 16.4. The third kappa shape index (κ3) is 3.60. The van der Waals surface area contributed by atoms with Crippen molar-refractivity contribution < 1.29 is 38.7 Å². The first kappa shape index (κ1) is 20.5. The molecule has 4 saturated heterocycles. The number of carbonyl (C=O) groups excluding carboxylic acids is 1. The van der Waals surface area contributed by atoms with Gasteiger partial charge in [-0.15, -0.1) is 0 Å². The summed E-state index contributed by atoms with van der Waals surface area (Å²) in [5, 5.41) is 8.75. The molecule has 4 aliphatic heterocycles. The molecule has 4 heterocycles. The quantitative estimate of drug-likeness (QED) is 0.549. The van der Waals surface area contributed by atoms with Crippen molar-refractivity contribution in [3.8, 4) is 0 Å². The molecular formula is C19H30O8. The summed E-state index contributed by atoms with van der Waals surface area (Å²) < 4.78 is 17.7. The lowest BCUT2D eigenvalue weighted by Gasteiger charge is -2.56. The van der Waals surface area contributed by atoms with Crippen molar-refractivity contribution in [1.82, 2.24) is 0 Å². The van der Waals surface area contributed by atoms with Crippen LogP contribution in [0.5, 0.6) is 0 Å². The number of carbonyl (C=O) groups is 2. The van der Waals surface area contributed by atoms with Gasteiger partial charge in [0.25, 0.3) is 0 Å². The average molecular weight is 386 g/mol. The zero-order valence-corrected chi connectivity index (χ0v) is 16.4. The van der Waals surface area contributed by atoms with Crippen LogP contribution in [-0.2, 0) is 33.6 Å². The van der Waals surface area contributed by atoms with Crippen molar-refractivity contribution in [3.63, 3.8) is 0 Å². The van der Waals surface area contributed by atoms with Gasteiger partial charge < -0.3 is 19.3 Å². The predicted molar refractivity (Wildman–Crippen MR) is 92.0 cm³/mol. The van der Waals surface area contributed by atoms with E-state index in [1.54, 1.807) is 0 Å². The molecule has 0 aromatic carbocycles. The largest absolute Gasteiger partial charge is 0.481 e. The maximum absolute atomic E-state index is 12.1. The highest BCUT2D eigenvalue weighted by Crippen LogP contribution is 2.56. The molecule has 0 amide bonds. The smallest absolute Gasteiger partial charge is 0.308 e. The zero-order chi connectivity index (χ0) is 19.8. The molecule has 154 valence electrons. The highest BCUT2D eigenvalue weighted by Gasteiger charge is 2.67. The monoisotopic (exact) mass is 386 g/mol. The van der Waals surface area contributed by atoms with Gasteiger partial charge >= 0.3 is 11.9 Å². The van der Waals surface area contributed by atoms with Gasteiger partial charge in [0.2, 0.25) is 12.1 Å². The van der Waals surface area contributed by atoms with Crippen LogP contribution < -0.4 is 0 Å². The van der Waals surface area contributed by atoms with Gasteiger partial charge in [-0.3, -0.25) is 9.59 Å². The fraction of sp³-hybridized carbons (Fsp3) is 0.895. The highest BCUT2D eigenvalue weighted by atomic mass is 17.3. The summed E-state index contributed by atoms with van der Waals surface area (Å²) in [6.45, 7) is 7.97. The van der Waals surface area contributed by atoms with Gasteiger partial charge in [-0.05, 0) is 25.7 Å². The van der Waals surface area contributed by atoms with E-state index in [9.17, 15) is 9.59 Å². The lowest BCUT2D eigenvalue weighted by molar-refractivity contribution is -0.573. The Morgan fingerprint density at radius 3 is 2.56 bits per heavy atom. The van der Waals surface area contributed by atoms with Crippen molar-refractivity contribution in [1.29, 1.82) is 0 Å².